The zero-order valence-electron chi connectivity index (χ0n) is 12.0. The van der Waals surface area contributed by atoms with Gasteiger partial charge in [-0.05, 0) is 30.3 Å². The summed E-state index contributed by atoms with van der Waals surface area (Å²) in [6.45, 7) is 0.582. The molecule has 2 aromatic carbocycles. The van der Waals surface area contributed by atoms with Crippen LogP contribution in [0.25, 0.3) is 0 Å². The lowest BCUT2D eigenvalue weighted by Crippen LogP contribution is -2.03. The van der Waals surface area contributed by atoms with Crippen LogP contribution in [0.15, 0.2) is 36.4 Å². The molecule has 0 saturated carbocycles. The lowest BCUT2D eigenvalue weighted by Gasteiger charge is -2.12. The second-order valence-electron chi connectivity index (χ2n) is 4.45. The van der Waals surface area contributed by atoms with E-state index in [4.69, 9.17) is 20.5 Å². The zero-order chi connectivity index (χ0) is 15.2. The Morgan fingerprint density at radius 3 is 2.57 bits per heavy atom. The van der Waals surface area contributed by atoms with Gasteiger partial charge >= 0.3 is 0 Å². The van der Waals surface area contributed by atoms with Crippen molar-refractivity contribution in [1.82, 2.24) is 0 Å². The summed E-state index contributed by atoms with van der Waals surface area (Å²) in [7, 11) is 3.24. The maximum absolute atomic E-state index is 8.86. The summed E-state index contributed by atoms with van der Waals surface area (Å²) >= 11 is 0. The van der Waals surface area contributed by atoms with E-state index in [1.54, 1.807) is 26.4 Å². The highest BCUT2D eigenvalue weighted by molar-refractivity contribution is 5.62. The van der Waals surface area contributed by atoms with E-state index in [2.05, 4.69) is 5.32 Å². The van der Waals surface area contributed by atoms with Crippen LogP contribution in [-0.4, -0.2) is 14.2 Å². The van der Waals surface area contributed by atoms with E-state index in [0.717, 1.165) is 22.7 Å². The van der Waals surface area contributed by atoms with Crippen LogP contribution in [0.4, 0.5) is 11.4 Å². The minimum atomic E-state index is 0.462. The second-order valence-corrected chi connectivity index (χ2v) is 4.45. The van der Waals surface area contributed by atoms with Crippen LogP contribution in [0.5, 0.6) is 11.5 Å². The molecule has 21 heavy (non-hydrogen) atoms. The summed E-state index contributed by atoms with van der Waals surface area (Å²) in [5.41, 5.74) is 8.58. The number of nitrogen functional groups attached to an aromatic ring is 1. The van der Waals surface area contributed by atoms with Crippen molar-refractivity contribution in [3.8, 4) is 17.6 Å². The fourth-order valence-corrected chi connectivity index (χ4v) is 1.97. The number of methoxy groups -OCH3 is 2. The number of hydrogen-bond acceptors (Lipinski definition) is 5. The lowest BCUT2D eigenvalue weighted by molar-refractivity contribution is 0.391. The van der Waals surface area contributed by atoms with Crippen molar-refractivity contribution in [2.75, 3.05) is 25.3 Å². The van der Waals surface area contributed by atoms with Crippen molar-refractivity contribution in [3.63, 3.8) is 0 Å². The third-order valence-electron chi connectivity index (χ3n) is 3.15. The normalized spacial score (nSPS) is 9.76. The number of nitrogens with two attached hydrogens (primary N) is 1. The average molecular weight is 283 g/mol. The summed E-state index contributed by atoms with van der Waals surface area (Å²) in [6.07, 6.45) is 0. The van der Waals surface area contributed by atoms with Gasteiger partial charge < -0.3 is 20.5 Å². The van der Waals surface area contributed by atoms with E-state index in [-0.39, 0.29) is 0 Å². The Morgan fingerprint density at radius 2 is 1.95 bits per heavy atom. The summed E-state index contributed by atoms with van der Waals surface area (Å²) in [4.78, 5) is 0. The maximum Gasteiger partial charge on any atom is 0.127 e. The number of anilines is 2. The molecule has 0 heterocycles. The Kier molecular flexibility index (Phi) is 4.52. The van der Waals surface area contributed by atoms with E-state index in [9.17, 15) is 0 Å². The number of nitrogens with one attached hydrogen (secondary N) is 1. The van der Waals surface area contributed by atoms with Gasteiger partial charge in [-0.25, -0.2) is 0 Å². The first kappa shape index (κ1) is 14.5. The molecule has 0 saturated heterocycles. The predicted octanol–water partition coefficient (Wildman–Crippen LogP) is 2.77. The van der Waals surface area contributed by atoms with Gasteiger partial charge in [-0.2, -0.15) is 5.26 Å². The van der Waals surface area contributed by atoms with Gasteiger partial charge in [-0.15, -0.1) is 0 Å². The quantitative estimate of drug-likeness (QED) is 0.825. The highest BCUT2D eigenvalue weighted by atomic mass is 16.5. The molecule has 5 heteroatoms. The van der Waals surface area contributed by atoms with Gasteiger partial charge in [-0.3, -0.25) is 0 Å². The van der Waals surface area contributed by atoms with Crippen LogP contribution >= 0.6 is 0 Å². The third kappa shape index (κ3) is 3.37. The third-order valence-corrected chi connectivity index (χ3v) is 3.15. The summed E-state index contributed by atoms with van der Waals surface area (Å²) in [6, 6.07) is 13.0. The molecular formula is C16H17N3O2. The molecule has 0 unspecified atom stereocenters. The molecular weight excluding hydrogens is 266 g/mol. The van der Waals surface area contributed by atoms with Gasteiger partial charge in [0.25, 0.3) is 0 Å². The molecule has 2 aromatic rings. The van der Waals surface area contributed by atoms with Gasteiger partial charge in [0.2, 0.25) is 0 Å². The fourth-order valence-electron chi connectivity index (χ4n) is 1.97. The van der Waals surface area contributed by atoms with Crippen molar-refractivity contribution < 1.29 is 9.47 Å². The Balaban J connectivity index is 2.13. The predicted molar refractivity (Wildman–Crippen MR) is 82.4 cm³/mol. The molecule has 0 aliphatic carbocycles. The first-order chi connectivity index (χ1) is 10.2. The monoisotopic (exact) mass is 283 g/mol. The molecule has 3 N–H and O–H groups in total. The Morgan fingerprint density at radius 1 is 1.14 bits per heavy atom. The highest BCUT2D eigenvalue weighted by Gasteiger charge is 2.06. The summed E-state index contributed by atoms with van der Waals surface area (Å²) in [5.74, 6) is 1.50. The number of hydrogen-bond donors (Lipinski definition) is 2. The number of ether oxygens (including phenoxy) is 2. The molecule has 0 radical (unpaired) electrons. The number of benzene rings is 2. The van der Waals surface area contributed by atoms with Crippen LogP contribution in [0.2, 0.25) is 0 Å². The van der Waals surface area contributed by atoms with Crippen molar-refractivity contribution in [2.24, 2.45) is 0 Å². The van der Waals surface area contributed by atoms with Crippen molar-refractivity contribution in [1.29, 1.82) is 5.26 Å². The molecule has 0 atom stereocenters. The molecule has 0 amide bonds. The minimum Gasteiger partial charge on any atom is -0.497 e. The molecule has 108 valence electrons. The van der Waals surface area contributed by atoms with E-state index >= 15 is 0 Å². The number of nitriles is 1. The first-order valence-corrected chi connectivity index (χ1v) is 6.42. The fraction of sp³-hybridized carbons (Fsp3) is 0.188. The highest BCUT2D eigenvalue weighted by Crippen LogP contribution is 2.26. The van der Waals surface area contributed by atoms with Crippen molar-refractivity contribution in [2.45, 2.75) is 6.54 Å². The van der Waals surface area contributed by atoms with Gasteiger partial charge in [0.15, 0.2) is 0 Å². The van der Waals surface area contributed by atoms with Crippen LogP contribution in [0.3, 0.4) is 0 Å². The largest absolute Gasteiger partial charge is 0.497 e. The van der Waals surface area contributed by atoms with Crippen molar-refractivity contribution >= 4 is 11.4 Å². The minimum absolute atomic E-state index is 0.462. The van der Waals surface area contributed by atoms with Gasteiger partial charge in [0.1, 0.15) is 17.6 Å². The SMILES string of the molecule is COc1ccc(CNc2ccc(C#N)c(N)c2)c(OC)c1. The Hall–Kier alpha value is -2.87. The average Bonchev–Trinajstić information content (AvgIpc) is 2.52. The molecule has 0 spiro atoms. The lowest BCUT2D eigenvalue weighted by atomic mass is 10.1. The van der Waals surface area contributed by atoms with Crippen LogP contribution in [-0.2, 0) is 6.54 Å². The molecule has 0 bridgehead atoms. The van der Waals surface area contributed by atoms with E-state index < -0.39 is 0 Å². The molecule has 0 aliphatic heterocycles. The zero-order valence-corrected chi connectivity index (χ0v) is 12.0. The smallest absolute Gasteiger partial charge is 0.127 e. The number of rotatable bonds is 5. The molecule has 2 rings (SSSR count). The Bertz CT molecular complexity index is 678. The molecule has 0 aliphatic rings. The molecule has 0 fully saturated rings. The maximum atomic E-state index is 8.86. The first-order valence-electron chi connectivity index (χ1n) is 6.42. The van der Waals surface area contributed by atoms with E-state index in [0.29, 0.717) is 17.8 Å². The van der Waals surface area contributed by atoms with Gasteiger partial charge in [-0.1, -0.05) is 0 Å². The van der Waals surface area contributed by atoms with Gasteiger partial charge in [0, 0.05) is 23.9 Å². The molecule has 5 nitrogen and oxygen atoms in total. The van der Waals surface area contributed by atoms with E-state index in [1.807, 2.05) is 30.3 Å². The van der Waals surface area contributed by atoms with Gasteiger partial charge in [0.05, 0.1) is 25.5 Å². The van der Waals surface area contributed by atoms with E-state index in [1.165, 1.54) is 0 Å². The van der Waals surface area contributed by atoms with Crippen LogP contribution < -0.4 is 20.5 Å². The Labute approximate surface area is 123 Å². The molecule has 0 aromatic heterocycles. The van der Waals surface area contributed by atoms with Crippen molar-refractivity contribution in [3.05, 3.63) is 47.5 Å². The van der Waals surface area contributed by atoms with Crippen LogP contribution in [0.1, 0.15) is 11.1 Å². The topological polar surface area (TPSA) is 80.3 Å². The second kappa shape index (κ2) is 6.53. The number of nitrogens with zero attached hydrogens (tertiary/aromatic N) is 1. The van der Waals surface area contributed by atoms with Crippen LogP contribution in [0, 0.1) is 11.3 Å². The standard InChI is InChI=1S/C16H17N3O2/c1-20-14-6-4-12(16(8-14)21-2)10-19-13-5-3-11(9-17)15(18)7-13/h3-8,19H,10,18H2,1-2H3. The summed E-state index contributed by atoms with van der Waals surface area (Å²) < 4.78 is 10.5. The summed E-state index contributed by atoms with van der Waals surface area (Å²) in [5, 5.41) is 12.1.